The quantitative estimate of drug-likeness (QED) is 0.470. The number of hydrogen-bond donors (Lipinski definition) is 1. The molecule has 0 saturated carbocycles. The minimum Gasteiger partial charge on any atom is -0.400 e. The SMILES string of the molecule is CCCC(=O)OOC.CO. The molecule has 0 spiro atoms. The van der Waals surface area contributed by atoms with E-state index in [-0.39, 0.29) is 5.97 Å². The smallest absolute Gasteiger partial charge is 0.342 e. The van der Waals surface area contributed by atoms with Crippen LogP contribution in [0, 0.1) is 0 Å². The molecule has 0 aromatic rings. The van der Waals surface area contributed by atoms with E-state index in [0.717, 1.165) is 13.5 Å². The highest BCUT2D eigenvalue weighted by molar-refractivity contribution is 5.68. The van der Waals surface area contributed by atoms with Crippen LogP contribution in [0.25, 0.3) is 0 Å². The predicted octanol–water partition coefficient (Wildman–Crippen LogP) is 0.500. The molecule has 62 valence electrons. The van der Waals surface area contributed by atoms with Gasteiger partial charge in [-0.2, -0.15) is 4.89 Å². The number of aliphatic hydroxyl groups excluding tert-OH is 1. The van der Waals surface area contributed by atoms with Crippen molar-refractivity contribution in [3.8, 4) is 0 Å². The molecule has 0 aromatic heterocycles. The first-order valence-electron chi connectivity index (χ1n) is 2.99. The van der Waals surface area contributed by atoms with Crippen molar-refractivity contribution in [1.29, 1.82) is 0 Å². The fourth-order valence-corrected chi connectivity index (χ4v) is 0.339. The van der Waals surface area contributed by atoms with E-state index in [1.165, 1.54) is 7.11 Å². The van der Waals surface area contributed by atoms with Crippen molar-refractivity contribution in [1.82, 2.24) is 0 Å². The van der Waals surface area contributed by atoms with Gasteiger partial charge in [0.2, 0.25) is 0 Å². The fraction of sp³-hybridized carbons (Fsp3) is 0.833. The van der Waals surface area contributed by atoms with Crippen LogP contribution in [0.5, 0.6) is 0 Å². The highest BCUT2D eigenvalue weighted by atomic mass is 17.2. The summed E-state index contributed by atoms with van der Waals surface area (Å²) in [6, 6.07) is 0. The predicted molar refractivity (Wildman–Crippen MR) is 36.2 cm³/mol. The standard InChI is InChI=1S/C5H10O3.CH4O/c1-3-4-5(6)8-7-2;1-2/h3-4H2,1-2H3;2H,1H3. The Morgan fingerprint density at radius 2 is 2.00 bits per heavy atom. The molecule has 4 nitrogen and oxygen atoms in total. The van der Waals surface area contributed by atoms with E-state index in [4.69, 9.17) is 5.11 Å². The lowest BCUT2D eigenvalue weighted by Crippen LogP contribution is -2.01. The zero-order valence-electron chi connectivity index (χ0n) is 6.59. The average Bonchev–Trinajstić information content (AvgIpc) is 1.93. The summed E-state index contributed by atoms with van der Waals surface area (Å²) in [6.45, 7) is 1.90. The number of rotatable bonds is 3. The Labute approximate surface area is 60.7 Å². The first-order chi connectivity index (χ1) is 4.81. The molecule has 10 heavy (non-hydrogen) atoms. The second-order valence-corrected chi connectivity index (χ2v) is 1.37. The lowest BCUT2D eigenvalue weighted by atomic mass is 10.3. The molecule has 4 heteroatoms. The van der Waals surface area contributed by atoms with Gasteiger partial charge in [-0.25, -0.2) is 4.79 Å². The van der Waals surface area contributed by atoms with Crippen molar-refractivity contribution in [2.75, 3.05) is 14.2 Å². The molecule has 0 aromatic carbocycles. The van der Waals surface area contributed by atoms with Crippen LogP contribution in [-0.4, -0.2) is 25.3 Å². The van der Waals surface area contributed by atoms with Gasteiger partial charge in [-0.05, 0) is 6.42 Å². The van der Waals surface area contributed by atoms with Gasteiger partial charge < -0.3 is 5.11 Å². The number of carbonyl (C=O) groups is 1. The highest BCUT2D eigenvalue weighted by Crippen LogP contribution is 1.89. The van der Waals surface area contributed by atoms with Crippen molar-refractivity contribution in [2.24, 2.45) is 0 Å². The maximum Gasteiger partial charge on any atom is 0.342 e. The maximum absolute atomic E-state index is 10.3. The normalized spacial score (nSPS) is 7.60. The molecule has 0 heterocycles. The van der Waals surface area contributed by atoms with E-state index in [0.29, 0.717) is 6.42 Å². The Balaban J connectivity index is 0. The van der Waals surface area contributed by atoms with E-state index < -0.39 is 0 Å². The zero-order valence-corrected chi connectivity index (χ0v) is 6.59. The molecule has 1 N–H and O–H groups in total. The largest absolute Gasteiger partial charge is 0.400 e. The summed E-state index contributed by atoms with van der Waals surface area (Å²) < 4.78 is 0. The second kappa shape index (κ2) is 11.2. The summed E-state index contributed by atoms with van der Waals surface area (Å²) in [6.07, 6.45) is 1.22. The third kappa shape index (κ3) is 10.4. The summed E-state index contributed by atoms with van der Waals surface area (Å²) in [4.78, 5) is 18.5. The van der Waals surface area contributed by atoms with Crippen LogP contribution in [0.15, 0.2) is 0 Å². The topological polar surface area (TPSA) is 55.8 Å². The minimum absolute atomic E-state index is 0.310. The van der Waals surface area contributed by atoms with Gasteiger partial charge in [-0.1, -0.05) is 6.92 Å². The van der Waals surface area contributed by atoms with Gasteiger partial charge in [0.25, 0.3) is 0 Å². The Kier molecular flexibility index (Phi) is 13.6. The average molecular weight is 150 g/mol. The van der Waals surface area contributed by atoms with Gasteiger partial charge in [-0.15, -0.1) is 0 Å². The van der Waals surface area contributed by atoms with Gasteiger partial charge in [0.15, 0.2) is 0 Å². The second-order valence-electron chi connectivity index (χ2n) is 1.37. The van der Waals surface area contributed by atoms with Crippen molar-refractivity contribution in [3.63, 3.8) is 0 Å². The highest BCUT2D eigenvalue weighted by Gasteiger charge is 1.97. The lowest BCUT2D eigenvalue weighted by Gasteiger charge is -1.94. The number of aliphatic hydroxyl groups is 1. The molecule has 0 unspecified atom stereocenters. The molecule has 0 rings (SSSR count). The Morgan fingerprint density at radius 1 is 1.50 bits per heavy atom. The molecule has 0 aliphatic heterocycles. The zero-order chi connectivity index (χ0) is 8.41. The Hall–Kier alpha value is -0.610. The van der Waals surface area contributed by atoms with E-state index in [1.54, 1.807) is 0 Å². The molecule has 0 bridgehead atoms. The Morgan fingerprint density at radius 3 is 2.30 bits per heavy atom. The van der Waals surface area contributed by atoms with Gasteiger partial charge in [0.05, 0.1) is 7.11 Å². The summed E-state index contributed by atoms with van der Waals surface area (Å²) >= 11 is 0. The van der Waals surface area contributed by atoms with Crippen molar-refractivity contribution in [2.45, 2.75) is 19.8 Å². The summed E-state index contributed by atoms with van der Waals surface area (Å²) in [5.74, 6) is -0.310. The molecular formula is C6H14O4. The summed E-state index contributed by atoms with van der Waals surface area (Å²) in [5.41, 5.74) is 0. The van der Waals surface area contributed by atoms with Crippen molar-refractivity contribution >= 4 is 5.97 Å². The summed E-state index contributed by atoms with van der Waals surface area (Å²) in [5, 5.41) is 7.00. The lowest BCUT2D eigenvalue weighted by molar-refractivity contribution is -0.254. The molecule has 0 aliphatic rings. The first kappa shape index (κ1) is 12.1. The van der Waals surface area contributed by atoms with Crippen LogP contribution < -0.4 is 0 Å². The molecule has 0 radical (unpaired) electrons. The van der Waals surface area contributed by atoms with Gasteiger partial charge >= 0.3 is 5.97 Å². The van der Waals surface area contributed by atoms with Gasteiger partial charge in [0.1, 0.15) is 0 Å². The third-order valence-corrected chi connectivity index (χ3v) is 0.630. The van der Waals surface area contributed by atoms with Crippen LogP contribution in [0.1, 0.15) is 19.8 Å². The Bertz CT molecular complexity index is 64.1. The first-order valence-corrected chi connectivity index (χ1v) is 2.99. The third-order valence-electron chi connectivity index (χ3n) is 0.630. The molecule has 0 saturated heterocycles. The van der Waals surface area contributed by atoms with Gasteiger partial charge in [-0.3, -0.25) is 4.89 Å². The minimum atomic E-state index is -0.310. The van der Waals surface area contributed by atoms with E-state index in [9.17, 15) is 4.79 Å². The van der Waals surface area contributed by atoms with Crippen molar-refractivity contribution < 1.29 is 19.7 Å². The van der Waals surface area contributed by atoms with Crippen LogP contribution in [-0.2, 0) is 14.6 Å². The van der Waals surface area contributed by atoms with E-state index in [2.05, 4.69) is 9.78 Å². The monoisotopic (exact) mass is 150 g/mol. The maximum atomic E-state index is 10.3. The molecule has 0 atom stereocenters. The van der Waals surface area contributed by atoms with Crippen LogP contribution in [0.4, 0.5) is 0 Å². The molecule has 0 amide bonds. The van der Waals surface area contributed by atoms with Gasteiger partial charge in [0, 0.05) is 13.5 Å². The van der Waals surface area contributed by atoms with E-state index >= 15 is 0 Å². The molecule has 0 fully saturated rings. The van der Waals surface area contributed by atoms with Crippen LogP contribution in [0.3, 0.4) is 0 Å². The summed E-state index contributed by atoms with van der Waals surface area (Å²) in [7, 11) is 2.31. The fourth-order valence-electron chi connectivity index (χ4n) is 0.339. The molecule has 0 aliphatic carbocycles. The number of carbonyl (C=O) groups excluding carboxylic acids is 1. The molecular weight excluding hydrogens is 136 g/mol. The van der Waals surface area contributed by atoms with Crippen LogP contribution in [0.2, 0.25) is 0 Å². The van der Waals surface area contributed by atoms with E-state index in [1.807, 2.05) is 6.92 Å². The van der Waals surface area contributed by atoms with Crippen molar-refractivity contribution in [3.05, 3.63) is 0 Å². The van der Waals surface area contributed by atoms with Crippen LogP contribution >= 0.6 is 0 Å². The number of hydrogen-bond acceptors (Lipinski definition) is 4.